The van der Waals surface area contributed by atoms with E-state index < -0.39 is 0 Å². The van der Waals surface area contributed by atoms with Gasteiger partial charge < -0.3 is 24.3 Å². The monoisotopic (exact) mass is 469 g/mol. The third-order valence-electron chi connectivity index (χ3n) is 4.93. The van der Waals surface area contributed by atoms with Crippen LogP contribution in [0.1, 0.15) is 34.0 Å². The van der Waals surface area contributed by atoms with Crippen LogP contribution in [0.15, 0.2) is 48.5 Å². The molecule has 0 bridgehead atoms. The van der Waals surface area contributed by atoms with Gasteiger partial charge in [0.1, 0.15) is 29.6 Å². The van der Waals surface area contributed by atoms with Gasteiger partial charge in [0.15, 0.2) is 0 Å². The quantitative estimate of drug-likeness (QED) is 0.404. The molecule has 0 heterocycles. The van der Waals surface area contributed by atoms with Gasteiger partial charge in [0.05, 0.1) is 31.5 Å². The number of hydrogen-bond acceptors (Lipinski definition) is 5. The van der Waals surface area contributed by atoms with Crippen LogP contribution in [0.4, 0.5) is 5.69 Å². The number of aryl methyl sites for hydroxylation is 2. The van der Waals surface area contributed by atoms with Gasteiger partial charge in [-0.15, -0.1) is 0 Å². The molecule has 3 rings (SSSR count). The van der Waals surface area contributed by atoms with Gasteiger partial charge in [-0.25, -0.2) is 0 Å². The molecule has 33 heavy (non-hydrogen) atoms. The summed E-state index contributed by atoms with van der Waals surface area (Å²) in [6, 6.07) is 14.5. The second-order valence-electron chi connectivity index (χ2n) is 7.51. The van der Waals surface area contributed by atoms with Crippen molar-refractivity contribution in [3.8, 4) is 23.0 Å². The molecule has 3 aromatic carbocycles. The smallest absolute Gasteiger partial charge is 0.255 e. The number of benzene rings is 3. The minimum atomic E-state index is -0.312. The van der Waals surface area contributed by atoms with Gasteiger partial charge in [0, 0.05) is 23.3 Å². The van der Waals surface area contributed by atoms with E-state index in [1.807, 2.05) is 32.9 Å². The zero-order valence-corrected chi connectivity index (χ0v) is 20.2. The van der Waals surface area contributed by atoms with Gasteiger partial charge >= 0.3 is 0 Å². The summed E-state index contributed by atoms with van der Waals surface area (Å²) in [6.07, 6.45) is 0. The summed E-state index contributed by atoms with van der Waals surface area (Å²) < 4.78 is 22.4. The standard InChI is InChI=1S/C26H28ClNO5/c1-6-32-23-8-7-18(12-19(23)15-33-20-10-16(2)9-17(3)11-20)26(29)28-22-14-24(30-4)21(27)13-25(22)31-5/h7-14H,6,15H2,1-5H3,(H,28,29). The lowest BCUT2D eigenvalue weighted by Gasteiger charge is -2.15. The molecule has 0 aromatic heterocycles. The maximum absolute atomic E-state index is 13.0. The normalized spacial score (nSPS) is 10.5. The Morgan fingerprint density at radius 2 is 1.58 bits per heavy atom. The molecular formula is C26H28ClNO5. The maximum Gasteiger partial charge on any atom is 0.255 e. The van der Waals surface area contributed by atoms with E-state index >= 15 is 0 Å². The predicted molar refractivity (Wildman–Crippen MR) is 130 cm³/mol. The number of nitrogens with one attached hydrogen (secondary N) is 1. The van der Waals surface area contributed by atoms with Crippen LogP contribution in [0.3, 0.4) is 0 Å². The Morgan fingerprint density at radius 1 is 0.879 bits per heavy atom. The van der Waals surface area contributed by atoms with Crippen LogP contribution in [-0.4, -0.2) is 26.7 Å². The number of amides is 1. The lowest BCUT2D eigenvalue weighted by atomic mass is 10.1. The van der Waals surface area contributed by atoms with Crippen molar-refractivity contribution < 1.29 is 23.7 Å². The van der Waals surface area contributed by atoms with Crippen LogP contribution in [0.5, 0.6) is 23.0 Å². The molecule has 0 spiro atoms. The molecular weight excluding hydrogens is 442 g/mol. The minimum Gasteiger partial charge on any atom is -0.495 e. The lowest BCUT2D eigenvalue weighted by Crippen LogP contribution is -2.14. The average molecular weight is 470 g/mol. The van der Waals surface area contributed by atoms with Crippen molar-refractivity contribution in [3.63, 3.8) is 0 Å². The van der Waals surface area contributed by atoms with Gasteiger partial charge in [-0.3, -0.25) is 4.79 Å². The average Bonchev–Trinajstić information content (AvgIpc) is 2.78. The largest absolute Gasteiger partial charge is 0.495 e. The van der Waals surface area contributed by atoms with E-state index in [1.54, 1.807) is 30.3 Å². The van der Waals surface area contributed by atoms with Gasteiger partial charge in [0.2, 0.25) is 0 Å². The van der Waals surface area contributed by atoms with Gasteiger partial charge in [-0.1, -0.05) is 17.7 Å². The number of ether oxygens (including phenoxy) is 4. The molecule has 0 aliphatic heterocycles. The summed E-state index contributed by atoms with van der Waals surface area (Å²) in [5.74, 6) is 1.99. The first-order chi connectivity index (χ1) is 15.8. The van der Waals surface area contributed by atoms with Crippen LogP contribution in [-0.2, 0) is 6.61 Å². The molecule has 3 aromatic rings. The van der Waals surface area contributed by atoms with Crippen LogP contribution in [0, 0.1) is 13.8 Å². The fourth-order valence-corrected chi connectivity index (χ4v) is 3.69. The van der Waals surface area contributed by atoms with E-state index in [0.717, 1.165) is 22.4 Å². The van der Waals surface area contributed by atoms with Gasteiger partial charge in [-0.2, -0.15) is 0 Å². The fourth-order valence-electron chi connectivity index (χ4n) is 3.46. The molecule has 7 heteroatoms. The minimum absolute atomic E-state index is 0.261. The third kappa shape index (κ3) is 6.11. The summed E-state index contributed by atoms with van der Waals surface area (Å²) in [4.78, 5) is 13.0. The number of anilines is 1. The van der Waals surface area contributed by atoms with Gasteiger partial charge in [-0.05, 0) is 62.2 Å². The van der Waals surface area contributed by atoms with Crippen molar-refractivity contribution in [2.24, 2.45) is 0 Å². The molecule has 0 unspecified atom stereocenters. The molecule has 0 saturated heterocycles. The highest BCUT2D eigenvalue weighted by Crippen LogP contribution is 2.36. The predicted octanol–water partition coefficient (Wildman–Crippen LogP) is 6.20. The van der Waals surface area contributed by atoms with Crippen molar-refractivity contribution in [2.45, 2.75) is 27.4 Å². The highest BCUT2D eigenvalue weighted by atomic mass is 35.5. The summed E-state index contributed by atoms with van der Waals surface area (Å²) in [5, 5.41) is 3.25. The van der Waals surface area contributed by atoms with Crippen LogP contribution < -0.4 is 24.3 Å². The van der Waals surface area contributed by atoms with E-state index in [-0.39, 0.29) is 12.5 Å². The summed E-state index contributed by atoms with van der Waals surface area (Å²) in [7, 11) is 3.01. The molecule has 0 aliphatic carbocycles. The second kappa shape index (κ2) is 11.0. The topological polar surface area (TPSA) is 66.0 Å². The third-order valence-corrected chi connectivity index (χ3v) is 5.23. The first kappa shape index (κ1) is 24.3. The maximum atomic E-state index is 13.0. The first-order valence-corrected chi connectivity index (χ1v) is 10.9. The Hall–Kier alpha value is -3.38. The highest BCUT2D eigenvalue weighted by Gasteiger charge is 2.16. The molecule has 0 radical (unpaired) electrons. The molecule has 0 fully saturated rings. The summed E-state index contributed by atoms with van der Waals surface area (Å²) in [5.41, 5.74) is 3.91. The van der Waals surface area contributed by atoms with Crippen LogP contribution in [0.2, 0.25) is 5.02 Å². The molecule has 1 amide bonds. The van der Waals surface area contributed by atoms with Gasteiger partial charge in [0.25, 0.3) is 5.91 Å². The zero-order valence-electron chi connectivity index (χ0n) is 19.5. The van der Waals surface area contributed by atoms with Crippen LogP contribution in [0.25, 0.3) is 0 Å². The number of rotatable bonds is 9. The van der Waals surface area contributed by atoms with Crippen molar-refractivity contribution >= 4 is 23.2 Å². The van der Waals surface area contributed by atoms with E-state index in [4.69, 9.17) is 30.5 Å². The molecule has 1 N–H and O–H groups in total. The Balaban J connectivity index is 1.85. The number of carbonyl (C=O) groups excluding carboxylic acids is 1. The Labute approximate surface area is 199 Å². The molecule has 0 aliphatic rings. The summed E-state index contributed by atoms with van der Waals surface area (Å²) >= 11 is 6.16. The van der Waals surface area contributed by atoms with Crippen molar-refractivity contribution in [3.05, 3.63) is 75.8 Å². The van der Waals surface area contributed by atoms with E-state index in [2.05, 4.69) is 11.4 Å². The fraction of sp³-hybridized carbons (Fsp3) is 0.269. The van der Waals surface area contributed by atoms with Crippen molar-refractivity contribution in [2.75, 3.05) is 26.1 Å². The molecule has 174 valence electrons. The van der Waals surface area contributed by atoms with E-state index in [0.29, 0.717) is 40.1 Å². The lowest BCUT2D eigenvalue weighted by molar-refractivity contribution is 0.102. The number of methoxy groups -OCH3 is 2. The van der Waals surface area contributed by atoms with E-state index in [9.17, 15) is 4.79 Å². The molecule has 6 nitrogen and oxygen atoms in total. The Morgan fingerprint density at radius 3 is 2.21 bits per heavy atom. The number of carbonyl (C=O) groups is 1. The zero-order chi connectivity index (χ0) is 24.0. The SMILES string of the molecule is CCOc1ccc(C(=O)Nc2cc(OC)c(Cl)cc2OC)cc1COc1cc(C)cc(C)c1. The Kier molecular flexibility index (Phi) is 8.06. The number of halogens is 1. The number of hydrogen-bond donors (Lipinski definition) is 1. The van der Waals surface area contributed by atoms with Crippen LogP contribution >= 0.6 is 11.6 Å². The summed E-state index contributed by atoms with van der Waals surface area (Å²) in [6.45, 7) is 6.73. The first-order valence-electron chi connectivity index (χ1n) is 10.5. The highest BCUT2D eigenvalue weighted by molar-refractivity contribution is 6.32. The van der Waals surface area contributed by atoms with Crippen molar-refractivity contribution in [1.82, 2.24) is 0 Å². The van der Waals surface area contributed by atoms with E-state index in [1.165, 1.54) is 14.2 Å². The molecule has 0 atom stereocenters. The second-order valence-corrected chi connectivity index (χ2v) is 7.92. The molecule has 0 saturated carbocycles. The van der Waals surface area contributed by atoms with Crippen molar-refractivity contribution in [1.29, 1.82) is 0 Å². The Bertz CT molecular complexity index is 1130.